The van der Waals surface area contributed by atoms with Gasteiger partial charge in [0.05, 0.1) is 13.5 Å². The zero-order valence-corrected chi connectivity index (χ0v) is 16.5. The lowest BCUT2D eigenvalue weighted by molar-refractivity contribution is -0.140. The quantitative estimate of drug-likeness (QED) is 0.461. The Morgan fingerprint density at radius 1 is 1.14 bits per heavy atom. The topological polar surface area (TPSA) is 91.9 Å². The number of esters is 1. The van der Waals surface area contributed by atoms with E-state index in [2.05, 4.69) is 20.1 Å². The van der Waals surface area contributed by atoms with Crippen LogP contribution in [-0.2, 0) is 22.6 Å². The lowest BCUT2D eigenvalue weighted by Crippen LogP contribution is -2.15. The molecule has 0 bridgehead atoms. The number of benzene rings is 1. The smallest absolute Gasteiger partial charge is 0.307 e. The van der Waals surface area contributed by atoms with Crippen LogP contribution in [0.15, 0.2) is 30.3 Å². The molecule has 0 fully saturated rings. The van der Waals surface area contributed by atoms with Crippen molar-refractivity contribution in [3.8, 4) is 11.4 Å². The van der Waals surface area contributed by atoms with Gasteiger partial charge in [0.1, 0.15) is 6.54 Å². The summed E-state index contributed by atoms with van der Waals surface area (Å²) in [6.07, 6.45) is 0.255. The van der Waals surface area contributed by atoms with Crippen LogP contribution in [0.2, 0.25) is 0 Å². The summed E-state index contributed by atoms with van der Waals surface area (Å²) in [5, 5.41) is 12.4. The number of ketones is 1. The highest BCUT2D eigenvalue weighted by Crippen LogP contribution is 2.19. The zero-order chi connectivity index (χ0) is 20.3. The summed E-state index contributed by atoms with van der Waals surface area (Å²) >= 11 is 0. The highest BCUT2D eigenvalue weighted by Gasteiger charge is 2.18. The molecule has 0 aliphatic carbocycles. The Balaban J connectivity index is 1.75. The molecule has 8 nitrogen and oxygen atoms in total. The molecule has 0 unspecified atom stereocenters. The third-order valence-electron chi connectivity index (χ3n) is 4.77. The van der Waals surface area contributed by atoms with E-state index in [1.807, 2.05) is 55.7 Å². The summed E-state index contributed by atoms with van der Waals surface area (Å²) in [5.74, 6) is 0.108. The molecule has 0 spiro atoms. The van der Waals surface area contributed by atoms with Crippen LogP contribution in [0.3, 0.4) is 0 Å². The molecular weight excluding hydrogens is 358 g/mol. The van der Waals surface area contributed by atoms with Crippen LogP contribution in [0.25, 0.3) is 11.4 Å². The molecule has 3 rings (SSSR count). The van der Waals surface area contributed by atoms with Crippen molar-refractivity contribution in [3.63, 3.8) is 0 Å². The van der Waals surface area contributed by atoms with Crippen LogP contribution in [-0.4, -0.2) is 43.6 Å². The minimum Gasteiger partial charge on any atom is -0.469 e. The Morgan fingerprint density at radius 2 is 1.89 bits per heavy atom. The standard InChI is InChI=1S/C20H23N5O3/c1-13-7-5-6-8-16(13)20-21-23-25(22-20)12-18(26)17-11-14(2)24(15(17)3)10-9-19(27)28-4/h5-8,11H,9-10,12H2,1-4H3. The first-order valence-electron chi connectivity index (χ1n) is 9.01. The van der Waals surface area contributed by atoms with Crippen molar-refractivity contribution in [2.45, 2.75) is 40.3 Å². The van der Waals surface area contributed by atoms with Crippen LogP contribution in [0.5, 0.6) is 0 Å². The normalized spacial score (nSPS) is 10.9. The van der Waals surface area contributed by atoms with Crippen molar-refractivity contribution in [3.05, 3.63) is 52.8 Å². The molecule has 28 heavy (non-hydrogen) atoms. The fourth-order valence-electron chi connectivity index (χ4n) is 3.19. The number of nitrogens with zero attached hydrogens (tertiary/aromatic N) is 5. The van der Waals surface area contributed by atoms with Crippen molar-refractivity contribution in [2.24, 2.45) is 0 Å². The first kappa shape index (κ1) is 19.5. The maximum Gasteiger partial charge on any atom is 0.307 e. The Labute approximate surface area is 163 Å². The van der Waals surface area contributed by atoms with Gasteiger partial charge in [-0.05, 0) is 37.6 Å². The third kappa shape index (κ3) is 4.00. The molecule has 0 saturated carbocycles. The van der Waals surface area contributed by atoms with E-state index in [1.54, 1.807) is 0 Å². The number of aromatic nitrogens is 5. The van der Waals surface area contributed by atoms with Gasteiger partial charge in [0.25, 0.3) is 0 Å². The second-order valence-corrected chi connectivity index (χ2v) is 6.64. The van der Waals surface area contributed by atoms with Gasteiger partial charge < -0.3 is 9.30 Å². The van der Waals surface area contributed by atoms with Gasteiger partial charge >= 0.3 is 5.97 Å². The number of Topliss-reactive ketones (excluding diaryl/α,β-unsaturated/α-hetero) is 1. The number of ether oxygens (including phenoxy) is 1. The predicted molar refractivity (Wildman–Crippen MR) is 103 cm³/mol. The first-order chi connectivity index (χ1) is 13.4. The monoisotopic (exact) mass is 381 g/mol. The molecule has 0 aliphatic heterocycles. The van der Waals surface area contributed by atoms with E-state index >= 15 is 0 Å². The average Bonchev–Trinajstić information content (AvgIpc) is 3.24. The summed E-state index contributed by atoms with van der Waals surface area (Å²) < 4.78 is 6.63. The fraction of sp³-hybridized carbons (Fsp3) is 0.350. The summed E-state index contributed by atoms with van der Waals surface area (Å²) in [5.41, 5.74) is 4.25. The van der Waals surface area contributed by atoms with Gasteiger partial charge in [0.15, 0.2) is 5.78 Å². The van der Waals surface area contributed by atoms with Gasteiger partial charge in [-0.3, -0.25) is 9.59 Å². The summed E-state index contributed by atoms with van der Waals surface area (Å²) in [6.45, 7) is 6.22. The molecule has 0 N–H and O–H groups in total. The Kier molecular flexibility index (Phi) is 5.67. The molecular formula is C20H23N5O3. The highest BCUT2D eigenvalue weighted by molar-refractivity contribution is 5.97. The second kappa shape index (κ2) is 8.16. The van der Waals surface area contributed by atoms with Crippen molar-refractivity contribution in [2.75, 3.05) is 7.11 Å². The summed E-state index contributed by atoms with van der Waals surface area (Å²) in [4.78, 5) is 25.5. The number of carbonyl (C=O) groups excluding carboxylic acids is 2. The molecule has 2 heterocycles. The van der Waals surface area contributed by atoms with Crippen LogP contribution in [0, 0.1) is 20.8 Å². The largest absolute Gasteiger partial charge is 0.469 e. The predicted octanol–water partition coefficient (Wildman–Crippen LogP) is 2.51. The Hall–Kier alpha value is -3.29. The lowest BCUT2D eigenvalue weighted by atomic mass is 10.1. The van der Waals surface area contributed by atoms with Crippen molar-refractivity contribution in [1.82, 2.24) is 24.8 Å². The second-order valence-electron chi connectivity index (χ2n) is 6.64. The van der Waals surface area contributed by atoms with Gasteiger partial charge in [-0.15, -0.1) is 10.2 Å². The van der Waals surface area contributed by atoms with Crippen LogP contribution in [0.1, 0.15) is 33.7 Å². The lowest BCUT2D eigenvalue weighted by Gasteiger charge is -2.08. The van der Waals surface area contributed by atoms with E-state index in [0.717, 1.165) is 22.5 Å². The summed E-state index contributed by atoms with van der Waals surface area (Å²) in [7, 11) is 1.36. The molecule has 8 heteroatoms. The maximum absolute atomic E-state index is 12.8. The van der Waals surface area contributed by atoms with Gasteiger partial charge in [-0.25, -0.2) is 0 Å². The van der Waals surface area contributed by atoms with Crippen molar-refractivity contribution >= 4 is 11.8 Å². The van der Waals surface area contributed by atoms with E-state index < -0.39 is 0 Å². The number of hydrogen-bond acceptors (Lipinski definition) is 6. The highest BCUT2D eigenvalue weighted by atomic mass is 16.5. The first-order valence-corrected chi connectivity index (χ1v) is 9.01. The molecule has 0 amide bonds. The number of tetrazole rings is 1. The van der Waals surface area contributed by atoms with E-state index in [-0.39, 0.29) is 24.7 Å². The SMILES string of the molecule is COC(=O)CCn1c(C)cc(C(=O)Cn2nnc(-c3ccccc3C)n2)c1C. The minimum atomic E-state index is -0.282. The van der Waals surface area contributed by atoms with E-state index in [4.69, 9.17) is 0 Å². The van der Waals surface area contributed by atoms with Crippen LogP contribution >= 0.6 is 0 Å². The maximum atomic E-state index is 12.8. The van der Waals surface area contributed by atoms with Gasteiger partial charge in [-0.2, -0.15) is 4.80 Å². The number of methoxy groups -OCH3 is 1. The van der Waals surface area contributed by atoms with Crippen LogP contribution in [0.4, 0.5) is 0 Å². The van der Waals surface area contributed by atoms with E-state index in [1.165, 1.54) is 11.9 Å². The van der Waals surface area contributed by atoms with Crippen molar-refractivity contribution in [1.29, 1.82) is 0 Å². The average molecular weight is 381 g/mol. The molecule has 1 aromatic carbocycles. The third-order valence-corrected chi connectivity index (χ3v) is 4.77. The Bertz CT molecular complexity index is 1020. The van der Waals surface area contributed by atoms with Gasteiger partial charge in [0.2, 0.25) is 5.82 Å². The zero-order valence-electron chi connectivity index (χ0n) is 16.5. The molecule has 3 aromatic rings. The number of rotatable bonds is 7. The molecule has 0 aliphatic rings. The minimum absolute atomic E-state index is 0.000175. The van der Waals surface area contributed by atoms with Gasteiger partial charge in [-0.1, -0.05) is 24.3 Å². The fourth-order valence-corrected chi connectivity index (χ4v) is 3.19. The molecule has 146 valence electrons. The molecule has 2 aromatic heterocycles. The molecule has 0 saturated heterocycles. The van der Waals surface area contributed by atoms with Crippen molar-refractivity contribution < 1.29 is 14.3 Å². The van der Waals surface area contributed by atoms with E-state index in [0.29, 0.717) is 17.9 Å². The molecule has 0 radical (unpaired) electrons. The number of aryl methyl sites for hydroxylation is 2. The number of hydrogen-bond donors (Lipinski definition) is 0. The van der Waals surface area contributed by atoms with E-state index in [9.17, 15) is 9.59 Å². The van der Waals surface area contributed by atoms with Crippen LogP contribution < -0.4 is 0 Å². The number of carbonyl (C=O) groups is 2. The summed E-state index contributed by atoms with van der Waals surface area (Å²) in [6, 6.07) is 9.59. The Morgan fingerprint density at radius 3 is 2.61 bits per heavy atom. The molecule has 0 atom stereocenters. The van der Waals surface area contributed by atoms with Gasteiger partial charge in [0, 0.05) is 29.1 Å².